The van der Waals surface area contributed by atoms with E-state index in [0.717, 1.165) is 53.4 Å². The van der Waals surface area contributed by atoms with Crippen molar-refractivity contribution in [3.63, 3.8) is 0 Å². The Bertz CT molecular complexity index is 1080. The van der Waals surface area contributed by atoms with E-state index in [4.69, 9.17) is 14.2 Å². The fraction of sp³-hybridized carbons (Fsp3) is 0.391. The highest BCUT2D eigenvalue weighted by atomic mass is 16.5. The summed E-state index contributed by atoms with van der Waals surface area (Å²) in [6.07, 6.45) is 1.67. The molecule has 3 aromatic rings. The quantitative estimate of drug-likeness (QED) is 0.697. The summed E-state index contributed by atoms with van der Waals surface area (Å²) in [4.78, 5) is 2.42. The molecule has 0 bridgehead atoms. The molecule has 28 heavy (non-hydrogen) atoms. The van der Waals surface area contributed by atoms with Crippen LogP contribution in [0.15, 0.2) is 30.3 Å². The second-order valence-electron chi connectivity index (χ2n) is 7.68. The Balaban J connectivity index is 1.92. The van der Waals surface area contributed by atoms with E-state index >= 15 is 0 Å². The van der Waals surface area contributed by atoms with Crippen LogP contribution in [0, 0.1) is 0 Å². The molecule has 0 aromatic heterocycles. The van der Waals surface area contributed by atoms with Gasteiger partial charge in [-0.2, -0.15) is 0 Å². The van der Waals surface area contributed by atoms with Crippen LogP contribution in [-0.4, -0.2) is 43.9 Å². The lowest BCUT2D eigenvalue weighted by Crippen LogP contribution is -2.39. The van der Waals surface area contributed by atoms with Crippen molar-refractivity contribution in [1.82, 2.24) is 4.90 Å². The number of fused-ring (bicyclic) bond motifs is 7. The molecule has 3 aromatic carbocycles. The number of methoxy groups -OCH3 is 3. The normalized spacial score (nSPS) is 21.6. The van der Waals surface area contributed by atoms with Gasteiger partial charge in [0.05, 0.1) is 27.4 Å². The van der Waals surface area contributed by atoms with Crippen molar-refractivity contribution in [3.8, 4) is 17.2 Å². The Morgan fingerprint density at radius 2 is 1.61 bits per heavy atom. The van der Waals surface area contributed by atoms with Gasteiger partial charge in [0.1, 0.15) is 5.75 Å². The largest absolute Gasteiger partial charge is 0.497 e. The van der Waals surface area contributed by atoms with Gasteiger partial charge in [0.25, 0.3) is 0 Å². The number of hydrogen-bond donors (Lipinski definition) is 1. The molecule has 2 atom stereocenters. The Kier molecular flexibility index (Phi) is 4.11. The van der Waals surface area contributed by atoms with Crippen LogP contribution in [0.4, 0.5) is 0 Å². The average molecular weight is 379 g/mol. The Labute approximate surface area is 164 Å². The number of rotatable bonds is 3. The highest BCUT2D eigenvalue weighted by Gasteiger charge is 2.39. The van der Waals surface area contributed by atoms with Crippen molar-refractivity contribution in [3.05, 3.63) is 41.5 Å². The lowest BCUT2D eigenvalue weighted by molar-refractivity contribution is 0.0552. The van der Waals surface area contributed by atoms with Gasteiger partial charge in [-0.25, -0.2) is 0 Å². The first kappa shape index (κ1) is 17.6. The van der Waals surface area contributed by atoms with Crippen LogP contribution in [0.3, 0.4) is 0 Å². The van der Waals surface area contributed by atoms with Gasteiger partial charge in [-0.05, 0) is 76.3 Å². The van der Waals surface area contributed by atoms with Crippen LogP contribution in [-0.2, 0) is 6.54 Å². The lowest BCUT2D eigenvalue weighted by atomic mass is 9.83. The zero-order chi connectivity index (χ0) is 19.4. The molecule has 146 valence electrons. The smallest absolute Gasteiger partial charge is 0.161 e. The van der Waals surface area contributed by atoms with E-state index in [1.165, 1.54) is 10.9 Å². The van der Waals surface area contributed by atoms with Gasteiger partial charge in [0.2, 0.25) is 0 Å². The highest BCUT2D eigenvalue weighted by Crippen LogP contribution is 2.47. The lowest BCUT2D eigenvalue weighted by Gasteiger charge is -2.37. The maximum atomic E-state index is 11.3. The summed E-state index contributed by atoms with van der Waals surface area (Å²) in [7, 11) is 4.98. The fourth-order valence-corrected chi connectivity index (χ4v) is 5.08. The van der Waals surface area contributed by atoms with Gasteiger partial charge in [0.15, 0.2) is 11.5 Å². The minimum atomic E-state index is -0.502. The molecule has 0 saturated carbocycles. The SMILES string of the molecule is COc1ccc2c3c(c4cc(OC)c(OC)cc4c2c1)[C@@H](O)[C@H]1CCCN1C3. The summed E-state index contributed by atoms with van der Waals surface area (Å²) in [5.41, 5.74) is 2.25. The van der Waals surface area contributed by atoms with Crippen molar-refractivity contribution in [2.24, 2.45) is 0 Å². The molecular formula is C23H25NO4. The van der Waals surface area contributed by atoms with E-state index in [2.05, 4.69) is 17.0 Å². The van der Waals surface area contributed by atoms with Crippen LogP contribution < -0.4 is 14.2 Å². The molecule has 2 heterocycles. The van der Waals surface area contributed by atoms with Crippen LogP contribution in [0.5, 0.6) is 17.2 Å². The molecule has 5 rings (SSSR count). The molecule has 5 nitrogen and oxygen atoms in total. The maximum absolute atomic E-state index is 11.3. The Morgan fingerprint density at radius 1 is 0.893 bits per heavy atom. The van der Waals surface area contributed by atoms with E-state index < -0.39 is 6.10 Å². The molecule has 0 amide bonds. The van der Waals surface area contributed by atoms with Crippen molar-refractivity contribution >= 4 is 21.5 Å². The summed E-state index contributed by atoms with van der Waals surface area (Å²) in [6.45, 7) is 1.91. The standard InChI is InChI=1S/C23H25NO4/c1-26-13-6-7-14-15(9-13)16-10-20(27-2)21(28-3)11-17(16)22-18(14)12-24-8-4-5-19(24)23(22)25/h6-7,9-11,19,23,25H,4-5,8,12H2,1-3H3/t19-,23+/m1/s1. The van der Waals surface area contributed by atoms with Crippen molar-refractivity contribution in [1.29, 1.82) is 0 Å². The minimum Gasteiger partial charge on any atom is -0.497 e. The first-order chi connectivity index (χ1) is 13.7. The van der Waals surface area contributed by atoms with E-state index in [1.807, 2.05) is 18.2 Å². The van der Waals surface area contributed by atoms with Gasteiger partial charge in [0, 0.05) is 12.6 Å². The van der Waals surface area contributed by atoms with Gasteiger partial charge in [-0.3, -0.25) is 4.90 Å². The second kappa shape index (κ2) is 6.54. The summed E-state index contributed by atoms with van der Waals surface area (Å²) >= 11 is 0. The number of ether oxygens (including phenoxy) is 3. The van der Waals surface area contributed by atoms with Gasteiger partial charge in [-0.1, -0.05) is 6.07 Å². The molecule has 5 heteroatoms. The molecule has 2 aliphatic heterocycles. The van der Waals surface area contributed by atoms with Crippen LogP contribution in [0.2, 0.25) is 0 Å². The zero-order valence-electron chi connectivity index (χ0n) is 16.5. The number of nitrogens with zero attached hydrogens (tertiary/aromatic N) is 1. The van der Waals surface area contributed by atoms with E-state index in [9.17, 15) is 5.11 Å². The van der Waals surface area contributed by atoms with Gasteiger partial charge in [-0.15, -0.1) is 0 Å². The summed E-state index contributed by atoms with van der Waals surface area (Å²) < 4.78 is 16.6. The molecule has 0 spiro atoms. The molecule has 0 radical (unpaired) electrons. The molecule has 0 aliphatic carbocycles. The fourth-order valence-electron chi connectivity index (χ4n) is 5.08. The van der Waals surface area contributed by atoms with Crippen LogP contribution in [0.25, 0.3) is 21.5 Å². The number of hydrogen-bond acceptors (Lipinski definition) is 5. The molecule has 1 fully saturated rings. The predicted molar refractivity (Wildman–Crippen MR) is 110 cm³/mol. The minimum absolute atomic E-state index is 0.194. The Morgan fingerprint density at radius 3 is 2.32 bits per heavy atom. The molecule has 1 saturated heterocycles. The third-order valence-electron chi connectivity index (χ3n) is 6.42. The van der Waals surface area contributed by atoms with Crippen LogP contribution in [0.1, 0.15) is 30.1 Å². The van der Waals surface area contributed by atoms with Crippen molar-refractivity contribution in [2.45, 2.75) is 31.5 Å². The number of aliphatic hydroxyl groups excluding tert-OH is 1. The topological polar surface area (TPSA) is 51.2 Å². The molecule has 1 N–H and O–H groups in total. The molecular weight excluding hydrogens is 354 g/mol. The van der Waals surface area contributed by atoms with Crippen molar-refractivity contribution in [2.75, 3.05) is 27.9 Å². The molecule has 2 aliphatic rings. The average Bonchev–Trinajstić information content (AvgIpc) is 3.21. The van der Waals surface area contributed by atoms with E-state index in [0.29, 0.717) is 11.5 Å². The highest BCUT2D eigenvalue weighted by molar-refractivity contribution is 6.12. The van der Waals surface area contributed by atoms with E-state index in [1.54, 1.807) is 21.3 Å². The first-order valence-corrected chi connectivity index (χ1v) is 9.76. The zero-order valence-corrected chi connectivity index (χ0v) is 16.5. The van der Waals surface area contributed by atoms with Gasteiger partial charge >= 0.3 is 0 Å². The summed E-state index contributed by atoms with van der Waals surface area (Å²) in [5.74, 6) is 2.19. The second-order valence-corrected chi connectivity index (χ2v) is 7.68. The summed E-state index contributed by atoms with van der Waals surface area (Å²) in [6, 6.07) is 10.4. The molecule has 0 unspecified atom stereocenters. The maximum Gasteiger partial charge on any atom is 0.161 e. The monoisotopic (exact) mass is 379 g/mol. The number of aliphatic hydroxyl groups is 1. The number of benzene rings is 3. The predicted octanol–water partition coefficient (Wildman–Crippen LogP) is 4.03. The van der Waals surface area contributed by atoms with Gasteiger partial charge < -0.3 is 19.3 Å². The summed E-state index contributed by atoms with van der Waals surface area (Å²) in [5, 5.41) is 15.7. The van der Waals surface area contributed by atoms with Crippen molar-refractivity contribution < 1.29 is 19.3 Å². The third kappa shape index (κ3) is 2.39. The Hall–Kier alpha value is -2.50. The first-order valence-electron chi connectivity index (χ1n) is 9.76. The third-order valence-corrected chi connectivity index (χ3v) is 6.42. The van der Waals surface area contributed by atoms with E-state index in [-0.39, 0.29) is 6.04 Å². The van der Waals surface area contributed by atoms with Crippen LogP contribution >= 0.6 is 0 Å².